The third-order valence-electron chi connectivity index (χ3n) is 1.98. The van der Waals surface area contributed by atoms with Gasteiger partial charge in [-0.2, -0.15) is 0 Å². The summed E-state index contributed by atoms with van der Waals surface area (Å²) in [5.74, 6) is 0.762. The van der Waals surface area contributed by atoms with Crippen LogP contribution in [-0.2, 0) is 6.42 Å². The molecule has 0 radical (unpaired) electrons. The van der Waals surface area contributed by atoms with Gasteiger partial charge in [0.2, 0.25) is 0 Å². The second-order valence-corrected chi connectivity index (χ2v) is 4.57. The van der Waals surface area contributed by atoms with Gasteiger partial charge < -0.3 is 9.64 Å². The molecule has 0 aliphatic heterocycles. The molecule has 0 N–H and O–H groups in total. The van der Waals surface area contributed by atoms with E-state index in [1.54, 1.807) is 4.90 Å². The number of aryl methyl sites for hydroxylation is 1. The van der Waals surface area contributed by atoms with Gasteiger partial charge in [0.05, 0.1) is 0 Å². The number of ether oxygens (including phenoxy) is 1. The van der Waals surface area contributed by atoms with E-state index in [1.165, 1.54) is 5.56 Å². The molecule has 0 saturated heterocycles. The maximum Gasteiger partial charge on any atom is 0.264 e. The first-order valence-corrected chi connectivity index (χ1v) is 5.92. The first-order chi connectivity index (χ1) is 7.04. The molecule has 1 rings (SSSR count). The highest BCUT2D eigenvalue weighted by Gasteiger charge is 2.04. The van der Waals surface area contributed by atoms with Crippen molar-refractivity contribution in [3.63, 3.8) is 0 Å². The summed E-state index contributed by atoms with van der Waals surface area (Å²) in [5.41, 5.74) is 1.26. The Hall–Kier alpha value is -0.610. The van der Waals surface area contributed by atoms with Gasteiger partial charge in [-0.25, -0.2) is 0 Å². The molecule has 82 valence electrons. The molecule has 0 heterocycles. The van der Waals surface area contributed by atoms with Gasteiger partial charge >= 0.3 is 0 Å². The van der Waals surface area contributed by atoms with Gasteiger partial charge in [-0.3, -0.25) is 0 Å². The second kappa shape index (κ2) is 5.47. The van der Waals surface area contributed by atoms with Crippen molar-refractivity contribution in [2.75, 3.05) is 14.1 Å². The Morgan fingerprint density at radius 2 is 2.13 bits per heavy atom. The third-order valence-corrected chi connectivity index (χ3v) is 3.16. The normalized spacial score (nSPS) is 9.87. The molecule has 0 spiro atoms. The zero-order valence-electron chi connectivity index (χ0n) is 9.08. The largest absolute Gasteiger partial charge is 0.432 e. The topological polar surface area (TPSA) is 12.5 Å². The van der Waals surface area contributed by atoms with E-state index in [2.05, 4.69) is 22.9 Å². The van der Waals surface area contributed by atoms with Crippen LogP contribution in [0.5, 0.6) is 5.75 Å². The van der Waals surface area contributed by atoms with Gasteiger partial charge in [-0.15, -0.1) is 0 Å². The van der Waals surface area contributed by atoms with Crippen LogP contribution in [-0.4, -0.2) is 24.2 Å². The van der Waals surface area contributed by atoms with E-state index in [0.717, 1.165) is 16.6 Å². The predicted octanol–water partition coefficient (Wildman–Crippen LogP) is 3.24. The summed E-state index contributed by atoms with van der Waals surface area (Å²) < 4.78 is 6.54. The number of nitrogens with zero attached hydrogens (tertiary/aromatic N) is 1. The average Bonchev–Trinajstić information content (AvgIpc) is 2.18. The Bertz CT molecular complexity index is 366. The van der Waals surface area contributed by atoms with Crippen LogP contribution in [0, 0.1) is 0 Å². The van der Waals surface area contributed by atoms with Crippen molar-refractivity contribution >= 4 is 33.3 Å². The quantitative estimate of drug-likeness (QED) is 0.775. The van der Waals surface area contributed by atoms with Crippen LogP contribution >= 0.6 is 28.1 Å². The van der Waals surface area contributed by atoms with Crippen molar-refractivity contribution < 1.29 is 4.74 Å². The lowest BCUT2D eigenvalue weighted by Gasteiger charge is -2.14. The molecule has 0 aromatic heterocycles. The predicted molar refractivity (Wildman–Crippen MR) is 70.4 cm³/mol. The summed E-state index contributed by atoms with van der Waals surface area (Å²) in [7, 11) is 3.72. The van der Waals surface area contributed by atoms with Crippen LogP contribution in [0.2, 0.25) is 0 Å². The highest BCUT2D eigenvalue weighted by molar-refractivity contribution is 9.10. The maximum atomic E-state index is 5.48. The lowest BCUT2D eigenvalue weighted by molar-refractivity contribution is 0.449. The zero-order valence-corrected chi connectivity index (χ0v) is 11.5. The molecular weight excluding hydrogens is 274 g/mol. The number of thiocarbonyl (C=S) groups is 1. The van der Waals surface area contributed by atoms with E-state index in [1.807, 2.05) is 32.3 Å². The molecule has 2 nitrogen and oxygen atoms in total. The molecule has 0 bridgehead atoms. The van der Waals surface area contributed by atoms with Gasteiger partial charge in [0.15, 0.2) is 0 Å². The molecule has 0 aliphatic carbocycles. The van der Waals surface area contributed by atoms with Crippen molar-refractivity contribution in [1.82, 2.24) is 4.90 Å². The SMILES string of the molecule is CCc1ccc(OC(=S)N(C)C)cc1Br. The van der Waals surface area contributed by atoms with Crippen molar-refractivity contribution in [2.24, 2.45) is 0 Å². The van der Waals surface area contributed by atoms with Gasteiger partial charge in [0.25, 0.3) is 5.17 Å². The Kier molecular flexibility index (Phi) is 4.54. The first-order valence-electron chi connectivity index (χ1n) is 4.72. The third kappa shape index (κ3) is 3.47. The summed E-state index contributed by atoms with van der Waals surface area (Å²) in [6.45, 7) is 2.12. The van der Waals surface area contributed by atoms with Crippen molar-refractivity contribution in [1.29, 1.82) is 0 Å². The van der Waals surface area contributed by atoms with Crippen molar-refractivity contribution in [3.8, 4) is 5.75 Å². The first kappa shape index (κ1) is 12.5. The molecule has 1 aromatic rings. The zero-order chi connectivity index (χ0) is 11.4. The molecule has 15 heavy (non-hydrogen) atoms. The van der Waals surface area contributed by atoms with Gasteiger partial charge in [0.1, 0.15) is 5.75 Å². The van der Waals surface area contributed by atoms with Crippen LogP contribution in [0.3, 0.4) is 0 Å². The van der Waals surface area contributed by atoms with E-state index in [0.29, 0.717) is 5.17 Å². The number of hydrogen-bond donors (Lipinski definition) is 0. The van der Waals surface area contributed by atoms with Crippen molar-refractivity contribution in [3.05, 3.63) is 28.2 Å². The summed E-state index contributed by atoms with van der Waals surface area (Å²) in [6, 6.07) is 5.91. The van der Waals surface area contributed by atoms with Gasteiger partial charge in [0, 0.05) is 18.6 Å². The van der Waals surface area contributed by atoms with Gasteiger partial charge in [-0.05, 0) is 36.3 Å². The van der Waals surface area contributed by atoms with Gasteiger partial charge in [-0.1, -0.05) is 28.9 Å². The summed E-state index contributed by atoms with van der Waals surface area (Å²) in [4.78, 5) is 1.76. The van der Waals surface area contributed by atoms with Crippen LogP contribution in [0.4, 0.5) is 0 Å². The minimum absolute atomic E-state index is 0.464. The molecule has 1 aromatic carbocycles. The van der Waals surface area contributed by atoms with E-state index in [-0.39, 0.29) is 0 Å². The monoisotopic (exact) mass is 287 g/mol. The Morgan fingerprint density at radius 1 is 1.47 bits per heavy atom. The number of hydrogen-bond acceptors (Lipinski definition) is 2. The Morgan fingerprint density at radius 3 is 2.60 bits per heavy atom. The van der Waals surface area contributed by atoms with Crippen molar-refractivity contribution in [2.45, 2.75) is 13.3 Å². The molecule has 0 fully saturated rings. The highest BCUT2D eigenvalue weighted by Crippen LogP contribution is 2.23. The number of rotatable bonds is 2. The minimum Gasteiger partial charge on any atom is -0.432 e. The minimum atomic E-state index is 0.464. The molecule has 4 heteroatoms. The number of halogens is 1. The fourth-order valence-electron chi connectivity index (χ4n) is 1.07. The summed E-state index contributed by atoms with van der Waals surface area (Å²) >= 11 is 8.55. The maximum absolute atomic E-state index is 5.48. The van der Waals surface area contributed by atoms with Crippen LogP contribution in [0.1, 0.15) is 12.5 Å². The van der Waals surface area contributed by atoms with E-state index in [9.17, 15) is 0 Å². The molecular formula is C11H14BrNOS. The molecule has 0 saturated carbocycles. The van der Waals surface area contributed by atoms with Crippen LogP contribution in [0.15, 0.2) is 22.7 Å². The molecule has 0 aliphatic rings. The fourth-order valence-corrected chi connectivity index (χ4v) is 1.80. The lowest BCUT2D eigenvalue weighted by atomic mass is 10.2. The summed E-state index contributed by atoms with van der Waals surface area (Å²) in [6.07, 6.45) is 0.999. The Balaban J connectivity index is 2.80. The van der Waals surface area contributed by atoms with E-state index < -0.39 is 0 Å². The molecule has 0 atom stereocenters. The molecule has 0 amide bonds. The smallest absolute Gasteiger partial charge is 0.264 e. The molecule has 0 unspecified atom stereocenters. The number of benzene rings is 1. The van der Waals surface area contributed by atoms with E-state index >= 15 is 0 Å². The van der Waals surface area contributed by atoms with Crippen LogP contribution in [0.25, 0.3) is 0 Å². The van der Waals surface area contributed by atoms with Crippen LogP contribution < -0.4 is 4.74 Å². The standard InChI is InChI=1S/C11H14BrNOS/c1-4-8-5-6-9(7-10(8)12)14-11(15)13(2)3/h5-7H,4H2,1-3H3. The Labute approximate surface area is 104 Å². The lowest BCUT2D eigenvalue weighted by Crippen LogP contribution is -2.24. The fraction of sp³-hybridized carbons (Fsp3) is 0.364. The summed E-state index contributed by atoms with van der Waals surface area (Å²) in [5, 5.41) is 0.464. The highest BCUT2D eigenvalue weighted by atomic mass is 79.9. The van der Waals surface area contributed by atoms with E-state index in [4.69, 9.17) is 17.0 Å². The second-order valence-electron chi connectivity index (χ2n) is 3.37. The average molecular weight is 288 g/mol.